The fourth-order valence-corrected chi connectivity index (χ4v) is 2.68. The highest BCUT2D eigenvalue weighted by Gasteiger charge is 2.23. The van der Waals surface area contributed by atoms with Gasteiger partial charge in [0.2, 0.25) is 0 Å². The molecule has 0 N–H and O–H groups in total. The molecule has 1 aliphatic heterocycles. The highest BCUT2D eigenvalue weighted by Crippen LogP contribution is 2.21. The second-order valence-electron chi connectivity index (χ2n) is 5.68. The molecule has 2 aromatic rings. The molecule has 1 aliphatic rings. The number of carbonyl (C=O) groups is 1. The van der Waals surface area contributed by atoms with Gasteiger partial charge in [0.25, 0.3) is 5.95 Å². The Kier molecular flexibility index (Phi) is 5.27. The zero-order valence-electron chi connectivity index (χ0n) is 14.5. The summed E-state index contributed by atoms with van der Waals surface area (Å²) in [5.74, 6) is 1.30. The van der Waals surface area contributed by atoms with Gasteiger partial charge < -0.3 is 19.4 Å². The second kappa shape index (κ2) is 7.78. The van der Waals surface area contributed by atoms with Crippen molar-refractivity contribution in [3.63, 3.8) is 0 Å². The molecule has 0 bridgehead atoms. The van der Waals surface area contributed by atoms with Gasteiger partial charge in [0.1, 0.15) is 0 Å². The van der Waals surface area contributed by atoms with E-state index in [2.05, 4.69) is 20.1 Å². The van der Waals surface area contributed by atoms with Gasteiger partial charge in [-0.3, -0.25) is 0 Å². The number of nitrogens with zero attached hydrogens (tertiary/aromatic N) is 6. The van der Waals surface area contributed by atoms with Crippen LogP contribution in [0.3, 0.4) is 0 Å². The van der Waals surface area contributed by atoms with Crippen molar-refractivity contribution >= 4 is 23.5 Å². The lowest BCUT2D eigenvalue weighted by Crippen LogP contribution is -2.49. The minimum atomic E-state index is -0.257. The summed E-state index contributed by atoms with van der Waals surface area (Å²) in [7, 11) is 1.91. The largest absolute Gasteiger partial charge is 0.450 e. The highest BCUT2D eigenvalue weighted by molar-refractivity contribution is 5.68. The van der Waals surface area contributed by atoms with Gasteiger partial charge in [-0.15, -0.1) is 5.10 Å². The molecule has 2 heterocycles. The van der Waals surface area contributed by atoms with E-state index < -0.39 is 0 Å². The van der Waals surface area contributed by atoms with Crippen LogP contribution in [0.25, 0.3) is 0 Å². The van der Waals surface area contributed by atoms with Gasteiger partial charge in [0, 0.05) is 38.9 Å². The Morgan fingerprint density at radius 2 is 1.92 bits per heavy atom. The van der Waals surface area contributed by atoms with Crippen LogP contribution in [-0.2, 0) is 4.74 Å². The van der Waals surface area contributed by atoms with Gasteiger partial charge in [-0.1, -0.05) is 18.2 Å². The standard InChI is InChI=1S/C17H22N6O2/c1-3-25-17(24)23-11-9-22(10-12-23)15-13-18-20-16(19-15)21(2)14-7-5-4-6-8-14/h4-8,13H,3,9-12H2,1-2H3. The first kappa shape index (κ1) is 16.9. The van der Waals surface area contributed by atoms with Crippen molar-refractivity contribution < 1.29 is 9.53 Å². The predicted molar refractivity (Wildman–Crippen MR) is 95.1 cm³/mol. The van der Waals surface area contributed by atoms with Crippen LogP contribution in [0.15, 0.2) is 36.5 Å². The number of piperazine rings is 1. The molecule has 0 spiro atoms. The maximum absolute atomic E-state index is 11.8. The third kappa shape index (κ3) is 3.96. The molecule has 132 valence electrons. The van der Waals surface area contributed by atoms with Gasteiger partial charge >= 0.3 is 6.09 Å². The first-order chi connectivity index (χ1) is 12.2. The Morgan fingerprint density at radius 1 is 1.20 bits per heavy atom. The lowest BCUT2D eigenvalue weighted by molar-refractivity contribution is 0.105. The number of ether oxygens (including phenoxy) is 1. The molecular weight excluding hydrogens is 320 g/mol. The summed E-state index contributed by atoms with van der Waals surface area (Å²) in [5, 5.41) is 8.22. The molecule has 25 heavy (non-hydrogen) atoms. The van der Waals surface area contributed by atoms with E-state index in [9.17, 15) is 4.79 Å². The maximum Gasteiger partial charge on any atom is 0.409 e. The van der Waals surface area contributed by atoms with Crippen LogP contribution >= 0.6 is 0 Å². The molecule has 1 amide bonds. The minimum absolute atomic E-state index is 0.257. The van der Waals surface area contributed by atoms with Crippen LogP contribution in [0.1, 0.15) is 6.92 Å². The molecule has 8 nitrogen and oxygen atoms in total. The van der Waals surface area contributed by atoms with Crippen LogP contribution in [-0.4, -0.2) is 66.0 Å². The molecule has 1 saturated heterocycles. The molecule has 0 aliphatic carbocycles. The number of aromatic nitrogens is 3. The summed E-state index contributed by atoms with van der Waals surface area (Å²) >= 11 is 0. The fraction of sp³-hybridized carbons (Fsp3) is 0.412. The lowest BCUT2D eigenvalue weighted by atomic mass is 10.3. The topological polar surface area (TPSA) is 74.7 Å². The zero-order valence-corrected chi connectivity index (χ0v) is 14.5. The molecule has 0 atom stereocenters. The number of hydrogen-bond donors (Lipinski definition) is 0. The van der Waals surface area contributed by atoms with Crippen LogP contribution in [0.5, 0.6) is 0 Å². The Morgan fingerprint density at radius 3 is 2.60 bits per heavy atom. The second-order valence-corrected chi connectivity index (χ2v) is 5.68. The van der Waals surface area contributed by atoms with E-state index in [0.717, 1.165) is 11.5 Å². The van der Waals surface area contributed by atoms with E-state index in [0.29, 0.717) is 38.7 Å². The van der Waals surface area contributed by atoms with E-state index in [4.69, 9.17) is 4.74 Å². The van der Waals surface area contributed by atoms with Crippen molar-refractivity contribution in [2.45, 2.75) is 6.92 Å². The van der Waals surface area contributed by atoms with E-state index in [-0.39, 0.29) is 6.09 Å². The van der Waals surface area contributed by atoms with Crippen molar-refractivity contribution in [2.24, 2.45) is 0 Å². The SMILES string of the molecule is CCOC(=O)N1CCN(c2cnnc(N(C)c3ccccc3)n2)CC1. The number of anilines is 3. The average Bonchev–Trinajstić information content (AvgIpc) is 2.68. The molecule has 8 heteroatoms. The van der Waals surface area contributed by atoms with Crippen LogP contribution in [0.2, 0.25) is 0 Å². The summed E-state index contributed by atoms with van der Waals surface area (Å²) in [5.41, 5.74) is 0.994. The first-order valence-corrected chi connectivity index (χ1v) is 8.34. The zero-order chi connectivity index (χ0) is 17.6. The molecule has 0 radical (unpaired) electrons. The average molecular weight is 342 g/mol. The third-order valence-corrected chi connectivity index (χ3v) is 4.11. The van der Waals surface area contributed by atoms with Crippen LogP contribution < -0.4 is 9.80 Å². The number of hydrogen-bond acceptors (Lipinski definition) is 7. The number of carbonyl (C=O) groups excluding carboxylic acids is 1. The summed E-state index contributed by atoms with van der Waals surface area (Å²) in [4.78, 5) is 22.1. The van der Waals surface area contributed by atoms with Crippen LogP contribution in [0.4, 0.5) is 22.2 Å². The van der Waals surface area contributed by atoms with Gasteiger partial charge in [-0.05, 0) is 19.1 Å². The Bertz CT molecular complexity index is 703. The summed E-state index contributed by atoms with van der Waals surface area (Å²) in [6.45, 7) is 4.78. The van der Waals surface area contributed by atoms with E-state index in [1.807, 2.05) is 49.2 Å². The van der Waals surface area contributed by atoms with Crippen molar-refractivity contribution in [1.82, 2.24) is 20.1 Å². The van der Waals surface area contributed by atoms with Crippen LogP contribution in [0, 0.1) is 0 Å². The summed E-state index contributed by atoms with van der Waals surface area (Å²) in [6, 6.07) is 9.90. The predicted octanol–water partition coefficient (Wildman–Crippen LogP) is 1.92. The quantitative estimate of drug-likeness (QED) is 0.840. The van der Waals surface area contributed by atoms with E-state index >= 15 is 0 Å². The van der Waals surface area contributed by atoms with Crippen molar-refractivity contribution in [2.75, 3.05) is 49.6 Å². The Balaban J connectivity index is 1.67. The molecule has 1 aromatic heterocycles. The highest BCUT2D eigenvalue weighted by atomic mass is 16.6. The molecule has 3 rings (SSSR count). The first-order valence-electron chi connectivity index (χ1n) is 8.34. The molecular formula is C17H22N6O2. The van der Waals surface area contributed by atoms with Crippen molar-refractivity contribution in [3.05, 3.63) is 36.5 Å². The van der Waals surface area contributed by atoms with Crippen molar-refractivity contribution in [3.8, 4) is 0 Å². The Labute approximate surface area is 147 Å². The Hall–Kier alpha value is -2.90. The van der Waals surface area contributed by atoms with Crippen molar-refractivity contribution in [1.29, 1.82) is 0 Å². The van der Waals surface area contributed by atoms with E-state index in [1.54, 1.807) is 11.1 Å². The lowest BCUT2D eigenvalue weighted by Gasteiger charge is -2.34. The minimum Gasteiger partial charge on any atom is -0.450 e. The maximum atomic E-state index is 11.8. The molecule has 0 unspecified atom stereocenters. The van der Waals surface area contributed by atoms with Gasteiger partial charge in [-0.25, -0.2) is 4.79 Å². The summed E-state index contributed by atoms with van der Waals surface area (Å²) < 4.78 is 5.05. The van der Waals surface area contributed by atoms with Gasteiger partial charge in [0.05, 0.1) is 12.8 Å². The third-order valence-electron chi connectivity index (χ3n) is 4.11. The summed E-state index contributed by atoms with van der Waals surface area (Å²) in [6.07, 6.45) is 1.40. The number of para-hydroxylation sites is 1. The van der Waals surface area contributed by atoms with Gasteiger partial charge in [0.15, 0.2) is 5.82 Å². The van der Waals surface area contributed by atoms with E-state index in [1.165, 1.54) is 0 Å². The van der Waals surface area contributed by atoms with Gasteiger partial charge in [-0.2, -0.15) is 10.1 Å². The monoisotopic (exact) mass is 342 g/mol. The molecule has 0 saturated carbocycles. The smallest absolute Gasteiger partial charge is 0.409 e. The molecule has 1 fully saturated rings. The normalized spacial score (nSPS) is 14.3. The fourth-order valence-electron chi connectivity index (χ4n) is 2.68. The number of amides is 1. The molecule has 1 aromatic carbocycles. The number of rotatable bonds is 4. The number of benzene rings is 1.